The Labute approximate surface area is 198 Å². The first kappa shape index (κ1) is 26.0. The quantitative estimate of drug-likeness (QED) is 0.591. The van der Waals surface area contributed by atoms with Crippen LogP contribution in [-0.4, -0.2) is 50.4 Å². The van der Waals surface area contributed by atoms with Crippen molar-refractivity contribution in [1.82, 2.24) is 4.90 Å². The number of nitrogens with zero attached hydrogens (tertiary/aromatic N) is 1. The zero-order valence-electron chi connectivity index (χ0n) is 20.6. The third-order valence-corrected chi connectivity index (χ3v) is 8.63. The van der Waals surface area contributed by atoms with Gasteiger partial charge in [-0.25, -0.2) is 0 Å². The molecule has 1 N–H and O–H groups in total. The number of ether oxygens (including phenoxy) is 1. The van der Waals surface area contributed by atoms with Gasteiger partial charge in [0.25, 0.3) is 0 Å². The van der Waals surface area contributed by atoms with E-state index in [1.807, 2.05) is 6.07 Å². The fraction of sp³-hybridized carbons (Fsp3) is 0.720. The van der Waals surface area contributed by atoms with Gasteiger partial charge >= 0.3 is 10.4 Å². The second-order valence-corrected chi connectivity index (χ2v) is 10.7. The predicted molar refractivity (Wildman–Crippen MR) is 128 cm³/mol. The van der Waals surface area contributed by atoms with E-state index in [1.54, 1.807) is 0 Å². The van der Waals surface area contributed by atoms with Gasteiger partial charge < -0.3 is 13.8 Å². The molecule has 33 heavy (non-hydrogen) atoms. The molecule has 4 rings (SSSR count). The Morgan fingerprint density at radius 3 is 2.30 bits per heavy atom. The van der Waals surface area contributed by atoms with Crippen molar-refractivity contribution in [3.05, 3.63) is 23.3 Å². The largest absolute Gasteiger partial charge is 0.497 e. The third kappa shape index (κ3) is 5.38. The molecule has 0 bridgehead atoms. The van der Waals surface area contributed by atoms with Gasteiger partial charge in [0.2, 0.25) is 0 Å². The van der Waals surface area contributed by atoms with Crippen LogP contribution >= 0.6 is 0 Å². The van der Waals surface area contributed by atoms with E-state index in [1.165, 1.54) is 32.8 Å². The number of methoxy groups -OCH3 is 1. The highest BCUT2D eigenvalue weighted by molar-refractivity contribution is 7.81. The molecule has 0 aliphatic heterocycles. The van der Waals surface area contributed by atoms with Crippen molar-refractivity contribution in [1.29, 1.82) is 0 Å². The molecule has 2 fully saturated rings. The van der Waals surface area contributed by atoms with Crippen LogP contribution in [-0.2, 0) is 21.6 Å². The van der Waals surface area contributed by atoms with Crippen molar-refractivity contribution in [2.45, 2.75) is 72.1 Å². The number of benzene rings is 1. The fourth-order valence-electron chi connectivity index (χ4n) is 6.40. The Bertz CT molecular complexity index is 952. The summed E-state index contributed by atoms with van der Waals surface area (Å²) in [5.74, 6) is 1.86. The summed E-state index contributed by atoms with van der Waals surface area (Å²) in [6.45, 7) is 12.2. The van der Waals surface area contributed by atoms with Gasteiger partial charge in [0.15, 0.2) is 5.75 Å². The molecule has 2 saturated carbocycles. The summed E-state index contributed by atoms with van der Waals surface area (Å²) in [4.78, 5) is 14.8. The Hall–Kier alpha value is -1.64. The van der Waals surface area contributed by atoms with Crippen LogP contribution in [0.4, 0.5) is 0 Å². The number of hydrogen-bond acceptors (Lipinski definition) is 6. The first-order chi connectivity index (χ1) is 15.6. The highest BCUT2D eigenvalue weighted by Gasteiger charge is 2.55. The maximum Gasteiger partial charge on any atom is 0.446 e. The summed E-state index contributed by atoms with van der Waals surface area (Å²) < 4.78 is 42.2. The summed E-state index contributed by atoms with van der Waals surface area (Å²) >= 11 is 0. The summed E-state index contributed by atoms with van der Waals surface area (Å²) in [6.07, 6.45) is 4.96. The molecule has 0 unspecified atom stereocenters. The van der Waals surface area contributed by atoms with Gasteiger partial charge in [-0.15, -0.1) is 0 Å². The molecule has 1 aromatic carbocycles. The molecule has 0 saturated heterocycles. The monoisotopic (exact) mass is 481 g/mol. The minimum absolute atomic E-state index is 0.144. The minimum atomic E-state index is -4.62. The molecule has 8 heteroatoms. The molecule has 186 valence electrons. The van der Waals surface area contributed by atoms with Crippen LogP contribution in [0.1, 0.15) is 76.8 Å². The molecule has 0 heterocycles. The SMILES string of the molecule is CCN(CC)CC.COc1cc2c(c(OS(=O)(=O)O)c1)[C@H]1CC[C@]3(C)C(=O)CC[C@H]3[C@@H]1CC2. The standard InChI is InChI=1S/C19H24O6S.C6H15N/c1-19-8-7-14-13(15(19)5-6-17(19)20)4-3-11-9-12(24-2)10-16(18(11)14)25-26(21,22)23;1-4-7(5-2)6-3/h9-10,13-15H,3-8H2,1-2H3,(H,21,22,23);4-6H2,1-3H3/t13-,14+,15+,19+;/m1./s1. The summed E-state index contributed by atoms with van der Waals surface area (Å²) in [5.41, 5.74) is 1.63. The number of Topliss-reactive ketones (excluding diaryl/α,β-unsaturated/α-hetero) is 1. The lowest BCUT2D eigenvalue weighted by Gasteiger charge is -2.48. The van der Waals surface area contributed by atoms with E-state index >= 15 is 0 Å². The summed E-state index contributed by atoms with van der Waals surface area (Å²) in [6, 6.07) is 3.46. The Balaban J connectivity index is 0.000000383. The van der Waals surface area contributed by atoms with E-state index in [2.05, 4.69) is 32.6 Å². The van der Waals surface area contributed by atoms with Crippen molar-refractivity contribution in [3.8, 4) is 11.5 Å². The molecule has 4 atom stereocenters. The van der Waals surface area contributed by atoms with E-state index in [-0.39, 0.29) is 17.1 Å². The lowest BCUT2D eigenvalue weighted by molar-refractivity contribution is -0.129. The van der Waals surface area contributed by atoms with Gasteiger partial charge in [0.1, 0.15) is 11.5 Å². The van der Waals surface area contributed by atoms with E-state index in [4.69, 9.17) is 8.92 Å². The fourth-order valence-corrected chi connectivity index (χ4v) is 6.76. The summed E-state index contributed by atoms with van der Waals surface area (Å²) in [5, 5.41) is 0. The van der Waals surface area contributed by atoms with Gasteiger partial charge in [0, 0.05) is 23.5 Å². The van der Waals surface area contributed by atoms with E-state index in [0.29, 0.717) is 29.8 Å². The van der Waals surface area contributed by atoms with Gasteiger partial charge in [-0.1, -0.05) is 27.7 Å². The molecular formula is C25H39NO6S. The third-order valence-electron chi connectivity index (χ3n) is 8.24. The maximum absolute atomic E-state index is 12.4. The molecule has 3 aliphatic carbocycles. The van der Waals surface area contributed by atoms with Crippen LogP contribution in [0.5, 0.6) is 11.5 Å². The highest BCUT2D eigenvalue weighted by atomic mass is 32.3. The second kappa shape index (κ2) is 10.3. The first-order valence-corrected chi connectivity index (χ1v) is 13.6. The molecule has 0 spiro atoms. The molecule has 7 nitrogen and oxygen atoms in total. The number of aryl methyl sites for hydroxylation is 1. The van der Waals surface area contributed by atoms with Gasteiger partial charge in [-0.2, -0.15) is 8.42 Å². The van der Waals surface area contributed by atoms with E-state index in [0.717, 1.165) is 43.2 Å². The smallest absolute Gasteiger partial charge is 0.446 e. The number of carbonyl (C=O) groups excluding carboxylic acids is 1. The van der Waals surface area contributed by atoms with Crippen LogP contribution in [0.15, 0.2) is 12.1 Å². The number of hydrogen-bond donors (Lipinski definition) is 1. The lowest BCUT2D eigenvalue weighted by atomic mass is 9.55. The first-order valence-electron chi connectivity index (χ1n) is 12.2. The van der Waals surface area contributed by atoms with Crippen molar-refractivity contribution >= 4 is 16.2 Å². The van der Waals surface area contributed by atoms with Gasteiger partial charge in [-0.05, 0) is 81.1 Å². The molecule has 0 amide bonds. The minimum Gasteiger partial charge on any atom is -0.497 e. The van der Waals surface area contributed by atoms with Crippen molar-refractivity contribution in [2.75, 3.05) is 26.7 Å². The topological polar surface area (TPSA) is 93.1 Å². The predicted octanol–water partition coefficient (Wildman–Crippen LogP) is 4.65. The van der Waals surface area contributed by atoms with Crippen molar-refractivity contribution in [2.24, 2.45) is 17.3 Å². The van der Waals surface area contributed by atoms with Crippen LogP contribution in [0.3, 0.4) is 0 Å². The molecule has 3 aliphatic rings. The zero-order chi connectivity index (χ0) is 24.4. The number of fused-ring (bicyclic) bond motifs is 5. The molecule has 1 aromatic rings. The number of rotatable bonds is 6. The average molecular weight is 482 g/mol. The highest BCUT2D eigenvalue weighted by Crippen LogP contribution is 2.60. The van der Waals surface area contributed by atoms with Crippen LogP contribution in [0, 0.1) is 17.3 Å². The lowest BCUT2D eigenvalue weighted by Crippen LogP contribution is -2.42. The molecular weight excluding hydrogens is 442 g/mol. The van der Waals surface area contributed by atoms with E-state index in [9.17, 15) is 17.8 Å². The van der Waals surface area contributed by atoms with Crippen LogP contribution in [0.2, 0.25) is 0 Å². The zero-order valence-corrected chi connectivity index (χ0v) is 21.4. The average Bonchev–Trinajstić information content (AvgIpc) is 3.08. The van der Waals surface area contributed by atoms with Gasteiger partial charge in [0.05, 0.1) is 7.11 Å². The number of ketones is 1. The maximum atomic E-state index is 12.4. The second-order valence-electron chi connectivity index (χ2n) is 9.66. The van der Waals surface area contributed by atoms with Crippen molar-refractivity contribution in [3.63, 3.8) is 0 Å². The number of carbonyl (C=O) groups is 1. The Morgan fingerprint density at radius 2 is 1.76 bits per heavy atom. The van der Waals surface area contributed by atoms with Crippen molar-refractivity contribution < 1.29 is 26.7 Å². The normalized spacial score (nSPS) is 28.3. The van der Waals surface area contributed by atoms with Gasteiger partial charge in [-0.3, -0.25) is 9.35 Å². The van der Waals surface area contributed by atoms with Crippen LogP contribution in [0.25, 0.3) is 0 Å². The Kier molecular flexibility index (Phi) is 8.12. The summed E-state index contributed by atoms with van der Waals surface area (Å²) in [7, 11) is -3.11. The Morgan fingerprint density at radius 1 is 1.09 bits per heavy atom. The van der Waals surface area contributed by atoms with Crippen LogP contribution < -0.4 is 8.92 Å². The molecule has 0 aromatic heterocycles. The molecule has 0 radical (unpaired) electrons. The van der Waals surface area contributed by atoms with E-state index < -0.39 is 10.4 Å².